The number of carbonyl (C=O) groups is 2. The van der Waals surface area contributed by atoms with Crippen molar-refractivity contribution >= 4 is 29.0 Å². The lowest BCUT2D eigenvalue weighted by atomic mass is 10.1. The third-order valence-corrected chi connectivity index (χ3v) is 6.18. The Labute approximate surface area is 195 Å². The van der Waals surface area contributed by atoms with E-state index >= 15 is 0 Å². The lowest BCUT2D eigenvalue weighted by molar-refractivity contribution is -0.123. The summed E-state index contributed by atoms with van der Waals surface area (Å²) in [5.74, 6) is 0.263. The number of amides is 2. The van der Waals surface area contributed by atoms with E-state index in [1.54, 1.807) is 36.4 Å². The number of methoxy groups -OCH3 is 1. The number of carbonyl (C=O) groups excluding carboxylic acids is 2. The number of aryl methyl sites for hydroxylation is 1. The highest BCUT2D eigenvalue weighted by molar-refractivity contribution is 8.18. The van der Waals surface area contributed by atoms with Crippen LogP contribution in [0.2, 0.25) is 0 Å². The predicted octanol–water partition coefficient (Wildman–Crippen LogP) is 5.96. The maximum atomic E-state index is 13.2. The van der Waals surface area contributed by atoms with Crippen molar-refractivity contribution in [3.8, 4) is 11.5 Å². The number of imide groups is 1. The Morgan fingerprint density at radius 1 is 1.00 bits per heavy atom. The number of nitrogens with zero attached hydrogens (tertiary/aromatic N) is 1. The first kappa shape index (κ1) is 22.6. The van der Waals surface area contributed by atoms with Gasteiger partial charge in [-0.05, 0) is 59.7 Å². The Morgan fingerprint density at radius 2 is 1.76 bits per heavy atom. The van der Waals surface area contributed by atoms with Crippen LogP contribution < -0.4 is 9.47 Å². The van der Waals surface area contributed by atoms with Crippen molar-refractivity contribution in [2.45, 2.75) is 20.1 Å². The summed E-state index contributed by atoms with van der Waals surface area (Å²) in [4.78, 5) is 27.2. The van der Waals surface area contributed by atoms with Crippen LogP contribution in [0.5, 0.6) is 11.5 Å². The van der Waals surface area contributed by atoms with E-state index in [9.17, 15) is 14.0 Å². The lowest BCUT2D eigenvalue weighted by Gasteiger charge is -2.15. The molecule has 7 heteroatoms. The van der Waals surface area contributed by atoms with Crippen LogP contribution in [0.3, 0.4) is 0 Å². The van der Waals surface area contributed by atoms with Crippen LogP contribution in [0.1, 0.15) is 22.3 Å². The van der Waals surface area contributed by atoms with Gasteiger partial charge in [-0.15, -0.1) is 0 Å². The highest BCUT2D eigenvalue weighted by Crippen LogP contribution is 2.38. The van der Waals surface area contributed by atoms with E-state index in [0.717, 1.165) is 28.5 Å². The third kappa shape index (κ3) is 5.09. The molecule has 33 heavy (non-hydrogen) atoms. The molecule has 0 aromatic heterocycles. The van der Waals surface area contributed by atoms with Gasteiger partial charge >= 0.3 is 0 Å². The van der Waals surface area contributed by atoms with E-state index in [-0.39, 0.29) is 30.1 Å². The smallest absolute Gasteiger partial charge is 0.293 e. The van der Waals surface area contributed by atoms with Crippen molar-refractivity contribution in [1.29, 1.82) is 0 Å². The molecule has 1 saturated heterocycles. The molecule has 3 aromatic rings. The summed E-state index contributed by atoms with van der Waals surface area (Å²) >= 11 is 0.900. The predicted molar refractivity (Wildman–Crippen MR) is 126 cm³/mol. The topological polar surface area (TPSA) is 55.8 Å². The fourth-order valence-corrected chi connectivity index (χ4v) is 4.26. The van der Waals surface area contributed by atoms with Crippen molar-refractivity contribution in [1.82, 2.24) is 4.90 Å². The average Bonchev–Trinajstić information content (AvgIpc) is 3.07. The molecular weight excluding hydrogens is 441 g/mol. The highest BCUT2D eigenvalue weighted by Gasteiger charge is 2.35. The van der Waals surface area contributed by atoms with Gasteiger partial charge < -0.3 is 9.47 Å². The van der Waals surface area contributed by atoms with Crippen LogP contribution in [-0.2, 0) is 17.9 Å². The second-order valence-corrected chi connectivity index (χ2v) is 8.48. The number of ether oxygens (including phenoxy) is 2. The largest absolute Gasteiger partial charge is 0.493 e. The minimum atomic E-state index is -0.347. The van der Waals surface area contributed by atoms with Crippen LogP contribution in [0, 0.1) is 12.7 Å². The minimum absolute atomic E-state index is 0.191. The maximum absolute atomic E-state index is 13.2. The molecule has 2 amide bonds. The van der Waals surface area contributed by atoms with Gasteiger partial charge in [-0.2, -0.15) is 0 Å². The third-order valence-electron chi connectivity index (χ3n) is 5.28. The molecule has 5 nitrogen and oxygen atoms in total. The number of halogens is 1. The van der Waals surface area contributed by atoms with Gasteiger partial charge in [0.2, 0.25) is 0 Å². The molecule has 0 atom stereocenters. The second-order valence-electron chi connectivity index (χ2n) is 7.49. The molecule has 0 saturated carbocycles. The quantitative estimate of drug-likeness (QED) is 0.405. The Balaban J connectivity index is 1.59. The lowest BCUT2D eigenvalue weighted by Crippen LogP contribution is -2.27. The van der Waals surface area contributed by atoms with Gasteiger partial charge in [0.1, 0.15) is 12.4 Å². The normalized spacial score (nSPS) is 14.8. The molecule has 0 aliphatic carbocycles. The Bertz CT molecular complexity index is 1220. The van der Waals surface area contributed by atoms with Gasteiger partial charge in [0, 0.05) is 5.56 Å². The number of hydrogen-bond acceptors (Lipinski definition) is 5. The summed E-state index contributed by atoms with van der Waals surface area (Å²) in [5.41, 5.74) is 3.33. The number of benzene rings is 3. The summed E-state index contributed by atoms with van der Waals surface area (Å²) in [5, 5.41) is -0.314. The zero-order chi connectivity index (χ0) is 23.4. The summed E-state index contributed by atoms with van der Waals surface area (Å²) in [6, 6.07) is 19.0. The molecule has 1 aliphatic rings. The van der Waals surface area contributed by atoms with Crippen LogP contribution in [0.4, 0.5) is 9.18 Å². The van der Waals surface area contributed by atoms with Crippen LogP contribution in [0.25, 0.3) is 6.08 Å². The highest BCUT2D eigenvalue weighted by atomic mass is 32.2. The van der Waals surface area contributed by atoms with E-state index in [0.29, 0.717) is 22.0 Å². The zero-order valence-corrected chi connectivity index (χ0v) is 19.0. The van der Waals surface area contributed by atoms with Gasteiger partial charge in [-0.25, -0.2) is 4.39 Å². The molecule has 1 aliphatic heterocycles. The molecule has 3 aromatic carbocycles. The van der Waals surface area contributed by atoms with Crippen molar-refractivity contribution in [2.24, 2.45) is 0 Å². The number of thioether (sulfide) groups is 1. The van der Waals surface area contributed by atoms with Gasteiger partial charge in [0.15, 0.2) is 11.5 Å². The zero-order valence-electron chi connectivity index (χ0n) is 18.2. The first-order valence-electron chi connectivity index (χ1n) is 10.3. The molecule has 0 unspecified atom stereocenters. The van der Waals surface area contributed by atoms with E-state index in [2.05, 4.69) is 0 Å². The standard InChI is InChI=1S/C26H22FNO4S/c1-17-6-3-4-7-20(17)15-28-25(29)23(33-26(28)30)14-19-8-5-9-22(31-2)24(19)32-16-18-10-12-21(27)13-11-18/h3-14H,15-16H2,1-2H3/b23-14-. The number of rotatable bonds is 7. The van der Waals surface area contributed by atoms with Crippen molar-refractivity contribution in [2.75, 3.05) is 7.11 Å². The summed E-state index contributed by atoms with van der Waals surface area (Å²) in [6.45, 7) is 2.36. The van der Waals surface area contributed by atoms with Crippen molar-refractivity contribution in [3.63, 3.8) is 0 Å². The van der Waals surface area contributed by atoms with Crippen LogP contribution in [0.15, 0.2) is 71.6 Å². The van der Waals surface area contributed by atoms with Gasteiger partial charge in [-0.1, -0.05) is 48.5 Å². The SMILES string of the molecule is COc1cccc(/C=C2\SC(=O)N(Cc3ccccc3C)C2=O)c1OCc1ccc(F)cc1. The Kier molecular flexibility index (Phi) is 6.79. The van der Waals surface area contributed by atoms with Gasteiger partial charge in [-0.3, -0.25) is 14.5 Å². The van der Waals surface area contributed by atoms with E-state index in [1.165, 1.54) is 24.1 Å². The molecule has 168 valence electrons. The molecule has 4 rings (SSSR count). The molecular formula is C26H22FNO4S. The second kappa shape index (κ2) is 9.92. The first-order valence-corrected chi connectivity index (χ1v) is 11.1. The molecule has 1 heterocycles. The van der Waals surface area contributed by atoms with Gasteiger partial charge in [0.05, 0.1) is 18.6 Å². The summed E-state index contributed by atoms with van der Waals surface area (Å²) in [6.07, 6.45) is 1.64. The minimum Gasteiger partial charge on any atom is -0.493 e. The van der Waals surface area contributed by atoms with Crippen molar-refractivity contribution < 1.29 is 23.5 Å². The first-order chi connectivity index (χ1) is 16.0. The van der Waals surface area contributed by atoms with E-state index in [4.69, 9.17) is 9.47 Å². The fourth-order valence-electron chi connectivity index (χ4n) is 3.43. The summed E-state index contributed by atoms with van der Waals surface area (Å²) in [7, 11) is 1.53. The molecule has 0 N–H and O–H groups in total. The maximum Gasteiger partial charge on any atom is 0.293 e. The molecule has 0 radical (unpaired) electrons. The van der Waals surface area contributed by atoms with Crippen LogP contribution in [-0.4, -0.2) is 23.2 Å². The Morgan fingerprint density at radius 3 is 2.48 bits per heavy atom. The summed E-state index contributed by atoms with van der Waals surface area (Å²) < 4.78 is 24.6. The Hall–Kier alpha value is -3.58. The molecule has 1 fully saturated rings. The van der Waals surface area contributed by atoms with Gasteiger partial charge in [0.25, 0.3) is 11.1 Å². The number of para-hydroxylation sites is 1. The van der Waals surface area contributed by atoms with Crippen LogP contribution >= 0.6 is 11.8 Å². The average molecular weight is 464 g/mol. The van der Waals surface area contributed by atoms with Crippen molar-refractivity contribution in [3.05, 3.63) is 99.7 Å². The fraction of sp³-hybridized carbons (Fsp3) is 0.154. The monoisotopic (exact) mass is 463 g/mol. The molecule has 0 spiro atoms. The molecule has 0 bridgehead atoms. The van der Waals surface area contributed by atoms with E-state index in [1.807, 2.05) is 31.2 Å². The number of hydrogen-bond donors (Lipinski definition) is 0. The van der Waals surface area contributed by atoms with E-state index < -0.39 is 0 Å².